The molecule has 1 aliphatic rings. The van der Waals surface area contributed by atoms with Crippen molar-refractivity contribution < 1.29 is 9.47 Å². The van der Waals surface area contributed by atoms with E-state index < -0.39 is 0 Å². The molecule has 146 valence electrons. The predicted molar refractivity (Wildman–Crippen MR) is 111 cm³/mol. The van der Waals surface area contributed by atoms with Crippen molar-refractivity contribution in [1.29, 1.82) is 0 Å². The second kappa shape index (κ2) is 8.88. The number of hydrogen-bond donors (Lipinski definition) is 0. The van der Waals surface area contributed by atoms with Gasteiger partial charge in [-0.15, -0.1) is 10.2 Å². The summed E-state index contributed by atoms with van der Waals surface area (Å²) >= 11 is 7.87. The molecule has 0 unspecified atom stereocenters. The summed E-state index contributed by atoms with van der Waals surface area (Å²) in [7, 11) is 0. The van der Waals surface area contributed by atoms with Crippen LogP contribution in [-0.4, -0.2) is 21.4 Å². The van der Waals surface area contributed by atoms with E-state index in [2.05, 4.69) is 20.8 Å². The second-order valence-electron chi connectivity index (χ2n) is 6.55. The standard InChI is InChI=1S/C21H22ClN3O2S/c1-2-26-18-9-5-3-7-15(18)14-28-21-24-23-20(25(21)16-11-12-16)13-27-19-10-6-4-8-17(19)22/h3-10,16H,2,11-14H2,1H3. The van der Waals surface area contributed by atoms with Crippen molar-refractivity contribution >= 4 is 23.4 Å². The number of benzene rings is 2. The number of nitrogens with zero attached hydrogens (tertiary/aromatic N) is 3. The van der Waals surface area contributed by atoms with Crippen molar-refractivity contribution in [1.82, 2.24) is 14.8 Å². The van der Waals surface area contributed by atoms with Crippen LogP contribution in [0.1, 0.15) is 37.2 Å². The van der Waals surface area contributed by atoms with E-state index >= 15 is 0 Å². The summed E-state index contributed by atoms with van der Waals surface area (Å²) in [5.41, 5.74) is 1.16. The van der Waals surface area contributed by atoms with Crippen molar-refractivity contribution in [3.63, 3.8) is 0 Å². The third-order valence-electron chi connectivity index (χ3n) is 4.47. The fourth-order valence-corrected chi connectivity index (χ4v) is 4.17. The highest BCUT2D eigenvalue weighted by atomic mass is 35.5. The Hall–Kier alpha value is -2.18. The molecule has 0 aliphatic heterocycles. The molecule has 7 heteroatoms. The largest absolute Gasteiger partial charge is 0.494 e. The van der Waals surface area contributed by atoms with Crippen molar-refractivity contribution in [2.75, 3.05) is 6.61 Å². The topological polar surface area (TPSA) is 49.2 Å². The van der Waals surface area contributed by atoms with Gasteiger partial charge in [-0.2, -0.15) is 0 Å². The van der Waals surface area contributed by atoms with E-state index in [0.717, 1.165) is 40.9 Å². The van der Waals surface area contributed by atoms with Crippen LogP contribution in [0, 0.1) is 0 Å². The summed E-state index contributed by atoms with van der Waals surface area (Å²) in [6.45, 7) is 3.01. The summed E-state index contributed by atoms with van der Waals surface area (Å²) in [5.74, 6) is 3.21. The number of para-hydroxylation sites is 2. The highest BCUT2D eigenvalue weighted by Crippen LogP contribution is 2.40. The van der Waals surface area contributed by atoms with Gasteiger partial charge >= 0.3 is 0 Å². The number of thioether (sulfide) groups is 1. The van der Waals surface area contributed by atoms with E-state index in [9.17, 15) is 0 Å². The normalized spacial score (nSPS) is 13.5. The minimum Gasteiger partial charge on any atom is -0.494 e. The minimum absolute atomic E-state index is 0.351. The molecule has 0 bridgehead atoms. The zero-order valence-corrected chi connectivity index (χ0v) is 17.2. The van der Waals surface area contributed by atoms with Crippen LogP contribution in [-0.2, 0) is 12.4 Å². The van der Waals surface area contributed by atoms with E-state index in [1.54, 1.807) is 11.8 Å². The van der Waals surface area contributed by atoms with E-state index in [1.165, 1.54) is 0 Å². The Balaban J connectivity index is 1.47. The Morgan fingerprint density at radius 2 is 1.79 bits per heavy atom. The molecule has 0 N–H and O–H groups in total. The average molecular weight is 416 g/mol. The molecule has 0 spiro atoms. The Morgan fingerprint density at radius 1 is 1.04 bits per heavy atom. The Bertz CT molecular complexity index is 943. The van der Waals surface area contributed by atoms with Crippen LogP contribution < -0.4 is 9.47 Å². The second-order valence-corrected chi connectivity index (χ2v) is 7.90. The molecule has 0 amide bonds. The molecule has 2 aromatic carbocycles. The van der Waals surface area contributed by atoms with Crippen molar-refractivity contribution in [2.45, 2.75) is 43.3 Å². The van der Waals surface area contributed by atoms with Crippen molar-refractivity contribution in [2.24, 2.45) is 0 Å². The van der Waals surface area contributed by atoms with Gasteiger partial charge in [0.15, 0.2) is 11.0 Å². The van der Waals surface area contributed by atoms with Gasteiger partial charge < -0.3 is 9.47 Å². The zero-order valence-electron chi connectivity index (χ0n) is 15.7. The van der Waals surface area contributed by atoms with Gasteiger partial charge in [-0.05, 0) is 38.0 Å². The molecule has 0 radical (unpaired) electrons. The van der Waals surface area contributed by atoms with Crippen molar-refractivity contribution in [3.8, 4) is 11.5 Å². The first kappa shape index (κ1) is 19.2. The van der Waals surface area contributed by atoms with E-state index in [-0.39, 0.29) is 0 Å². The van der Waals surface area contributed by atoms with Gasteiger partial charge in [0.1, 0.15) is 18.1 Å². The lowest BCUT2D eigenvalue weighted by atomic mass is 10.2. The smallest absolute Gasteiger partial charge is 0.191 e. The van der Waals surface area contributed by atoms with Crippen LogP contribution in [0.5, 0.6) is 11.5 Å². The zero-order chi connectivity index (χ0) is 19.3. The van der Waals surface area contributed by atoms with E-state index in [1.807, 2.05) is 49.4 Å². The molecule has 5 nitrogen and oxygen atoms in total. The first-order chi connectivity index (χ1) is 13.8. The van der Waals surface area contributed by atoms with Crippen molar-refractivity contribution in [3.05, 3.63) is 64.9 Å². The average Bonchev–Trinajstić information content (AvgIpc) is 3.47. The molecule has 0 atom stereocenters. The lowest BCUT2D eigenvalue weighted by molar-refractivity contribution is 0.288. The van der Waals surface area contributed by atoms with Crippen LogP contribution in [0.4, 0.5) is 0 Å². The Labute approximate surface area is 174 Å². The maximum absolute atomic E-state index is 6.18. The molecule has 28 heavy (non-hydrogen) atoms. The molecular weight excluding hydrogens is 394 g/mol. The molecule has 0 saturated heterocycles. The van der Waals surface area contributed by atoms with Gasteiger partial charge in [0.05, 0.1) is 11.6 Å². The number of aromatic nitrogens is 3. The number of rotatable bonds is 9. The predicted octanol–water partition coefficient (Wildman–Crippen LogP) is 5.54. The van der Waals surface area contributed by atoms with E-state index in [0.29, 0.717) is 30.0 Å². The fourth-order valence-electron chi connectivity index (χ4n) is 2.97. The SMILES string of the molecule is CCOc1ccccc1CSc1nnc(COc2ccccc2Cl)n1C1CC1. The highest BCUT2D eigenvalue weighted by Gasteiger charge is 2.30. The van der Waals surface area contributed by atoms with Crippen LogP contribution >= 0.6 is 23.4 Å². The van der Waals surface area contributed by atoms with E-state index in [4.69, 9.17) is 21.1 Å². The van der Waals surface area contributed by atoms with Crippen LogP contribution in [0.2, 0.25) is 5.02 Å². The lowest BCUT2D eigenvalue weighted by Crippen LogP contribution is -2.07. The van der Waals surface area contributed by atoms with Gasteiger partial charge in [0.2, 0.25) is 0 Å². The monoisotopic (exact) mass is 415 g/mol. The molecule has 4 rings (SSSR count). The van der Waals surface area contributed by atoms with Gasteiger partial charge in [-0.25, -0.2) is 0 Å². The number of ether oxygens (including phenoxy) is 2. The Morgan fingerprint density at radius 3 is 2.54 bits per heavy atom. The van der Waals surface area contributed by atoms with Crippen LogP contribution in [0.25, 0.3) is 0 Å². The number of hydrogen-bond acceptors (Lipinski definition) is 5. The third-order valence-corrected chi connectivity index (χ3v) is 5.77. The fraction of sp³-hybridized carbons (Fsp3) is 0.333. The summed E-state index contributed by atoms with van der Waals surface area (Å²) in [6, 6.07) is 16.1. The van der Waals surface area contributed by atoms with Gasteiger partial charge in [0.25, 0.3) is 0 Å². The lowest BCUT2D eigenvalue weighted by Gasteiger charge is -2.12. The molecule has 1 fully saturated rings. The minimum atomic E-state index is 0.351. The molecule has 1 aromatic heterocycles. The van der Waals surface area contributed by atoms with Crippen LogP contribution in [0.3, 0.4) is 0 Å². The van der Waals surface area contributed by atoms with Gasteiger partial charge in [-0.3, -0.25) is 4.57 Å². The van der Waals surface area contributed by atoms with Gasteiger partial charge in [0, 0.05) is 17.4 Å². The molecule has 1 saturated carbocycles. The quantitative estimate of drug-likeness (QED) is 0.429. The summed E-state index contributed by atoms with van der Waals surface area (Å²) in [5, 5.41) is 10.3. The number of halogens is 1. The molecule has 1 aliphatic carbocycles. The Kier molecular flexibility index (Phi) is 6.07. The summed E-state index contributed by atoms with van der Waals surface area (Å²) in [6.07, 6.45) is 2.31. The highest BCUT2D eigenvalue weighted by molar-refractivity contribution is 7.98. The molecule has 1 heterocycles. The summed E-state index contributed by atoms with van der Waals surface area (Å²) < 4.78 is 13.8. The molecule has 3 aromatic rings. The van der Waals surface area contributed by atoms with Gasteiger partial charge in [-0.1, -0.05) is 53.7 Å². The maximum Gasteiger partial charge on any atom is 0.191 e. The molecular formula is C21H22ClN3O2S. The first-order valence-corrected chi connectivity index (χ1v) is 10.8. The van der Waals surface area contributed by atoms with Crippen LogP contribution in [0.15, 0.2) is 53.7 Å². The first-order valence-electron chi connectivity index (χ1n) is 9.41. The third kappa shape index (κ3) is 4.45. The summed E-state index contributed by atoms with van der Waals surface area (Å²) in [4.78, 5) is 0. The maximum atomic E-state index is 6.18.